The van der Waals surface area contributed by atoms with Crippen molar-refractivity contribution in [3.05, 3.63) is 58.6 Å². The smallest absolute Gasteiger partial charge is 0.422 e. The maximum Gasteiger partial charge on any atom is 0.422 e. The number of nitrogens with zero attached hydrogens (tertiary/aromatic N) is 1. The van der Waals surface area contributed by atoms with Gasteiger partial charge in [0.05, 0.1) is 15.8 Å². The molecule has 1 heterocycles. The van der Waals surface area contributed by atoms with Crippen molar-refractivity contribution in [2.24, 2.45) is 0 Å². The minimum absolute atomic E-state index is 0.169. The highest BCUT2D eigenvalue weighted by Gasteiger charge is 2.41. The highest BCUT2D eigenvalue weighted by Crippen LogP contribution is 2.44. The summed E-state index contributed by atoms with van der Waals surface area (Å²) in [4.78, 5) is 3.46. The van der Waals surface area contributed by atoms with Crippen molar-refractivity contribution in [2.75, 3.05) is 7.04 Å². The Balaban J connectivity index is 1.81. The number of rotatable bonds is 4. The average Bonchev–Trinajstić information content (AvgIpc) is 2.62. The van der Waals surface area contributed by atoms with Gasteiger partial charge >= 0.3 is 6.18 Å². The van der Waals surface area contributed by atoms with E-state index in [-0.39, 0.29) is 25.7 Å². The van der Waals surface area contributed by atoms with E-state index in [1.165, 1.54) is 24.3 Å². The summed E-state index contributed by atoms with van der Waals surface area (Å²) in [6, 6.07) is 6.41. The highest BCUT2D eigenvalue weighted by molar-refractivity contribution is 6.30. The lowest BCUT2D eigenvalue weighted by Crippen LogP contribution is -2.37. The van der Waals surface area contributed by atoms with E-state index in [2.05, 4.69) is 4.98 Å². The van der Waals surface area contributed by atoms with Crippen molar-refractivity contribution in [2.45, 2.75) is 43.6 Å². The van der Waals surface area contributed by atoms with E-state index in [1.807, 2.05) is 0 Å². The van der Waals surface area contributed by atoms with Crippen LogP contribution in [-0.2, 0) is 16.5 Å². The number of alkyl halides is 3. The van der Waals surface area contributed by atoms with Crippen molar-refractivity contribution < 1.29 is 31.1 Å². The summed E-state index contributed by atoms with van der Waals surface area (Å²) in [5.41, 5.74) is -1.89. The molecule has 0 atom stereocenters. The zero-order valence-electron chi connectivity index (χ0n) is 17.0. The molecule has 0 bridgehead atoms. The number of methoxy groups -OCH3 is 1. The number of hydrogen-bond acceptors (Lipinski definition) is 3. The largest absolute Gasteiger partial charge is 0.490 e. The van der Waals surface area contributed by atoms with Gasteiger partial charge in [0.15, 0.2) is 0 Å². The number of benzene rings is 1. The lowest BCUT2D eigenvalue weighted by atomic mass is 9.78. The predicted molar refractivity (Wildman–Crippen MR) is 92.2 cm³/mol. The molecule has 146 valence electrons. The molecule has 1 fully saturated rings. The SMILES string of the molecule is [2H]C([2H])([2H])O[C@]1(c2ccc(F)cc2)CC[C@@H](Oc2ccnc(Cl)c2C(F)(F)F)CC1. The van der Waals surface area contributed by atoms with E-state index >= 15 is 0 Å². The van der Waals surface area contributed by atoms with Crippen LogP contribution >= 0.6 is 11.6 Å². The van der Waals surface area contributed by atoms with Crippen LogP contribution in [0.15, 0.2) is 36.5 Å². The zero-order chi connectivity index (χ0) is 22.2. The highest BCUT2D eigenvalue weighted by atomic mass is 35.5. The maximum absolute atomic E-state index is 13.3. The van der Waals surface area contributed by atoms with Crippen molar-refractivity contribution in [1.82, 2.24) is 4.98 Å². The minimum Gasteiger partial charge on any atom is -0.490 e. The Hall–Kier alpha value is -1.86. The van der Waals surface area contributed by atoms with Crippen molar-refractivity contribution in [1.29, 1.82) is 0 Å². The Labute approximate surface area is 163 Å². The molecule has 8 heteroatoms. The van der Waals surface area contributed by atoms with Gasteiger partial charge < -0.3 is 9.47 Å². The zero-order valence-corrected chi connectivity index (χ0v) is 14.8. The molecule has 0 saturated heterocycles. The molecule has 0 spiro atoms. The summed E-state index contributed by atoms with van der Waals surface area (Å²) in [5.74, 6) is -0.910. The first-order valence-corrected chi connectivity index (χ1v) is 8.62. The second-order valence-corrected chi connectivity index (χ2v) is 6.75. The van der Waals surface area contributed by atoms with Gasteiger partial charge in [-0.15, -0.1) is 0 Å². The van der Waals surface area contributed by atoms with Crippen molar-refractivity contribution in [3.8, 4) is 5.75 Å². The van der Waals surface area contributed by atoms with Crippen LogP contribution in [0.1, 0.15) is 40.9 Å². The van der Waals surface area contributed by atoms with Crippen LogP contribution in [0.2, 0.25) is 5.15 Å². The first-order chi connectivity index (χ1) is 13.9. The lowest BCUT2D eigenvalue weighted by Gasteiger charge is -2.39. The van der Waals surface area contributed by atoms with Crippen LogP contribution in [-0.4, -0.2) is 18.1 Å². The molecule has 1 aliphatic carbocycles. The minimum atomic E-state index is -4.74. The van der Waals surface area contributed by atoms with E-state index in [9.17, 15) is 17.6 Å². The standard InChI is InChI=1S/C19H18ClF4NO2/c1-26-18(12-2-4-13(21)5-3-12)9-6-14(7-10-18)27-15-8-11-25-17(20)16(15)19(22,23)24/h2-5,8,11,14H,6-7,9-10H2,1H3/t14-,18-/i1D3. The van der Waals surface area contributed by atoms with Gasteiger partial charge in [-0.05, 0) is 49.4 Å². The first kappa shape index (κ1) is 16.1. The van der Waals surface area contributed by atoms with Crippen LogP contribution < -0.4 is 4.74 Å². The average molecular weight is 407 g/mol. The molecule has 0 amide bonds. The van der Waals surface area contributed by atoms with Gasteiger partial charge in [0.25, 0.3) is 0 Å². The Morgan fingerprint density at radius 1 is 1.19 bits per heavy atom. The summed E-state index contributed by atoms with van der Waals surface area (Å²) in [6.45, 7) is 0. The van der Waals surface area contributed by atoms with Gasteiger partial charge in [-0.25, -0.2) is 9.37 Å². The number of aromatic nitrogens is 1. The monoisotopic (exact) mass is 406 g/mol. The first-order valence-electron chi connectivity index (χ1n) is 9.74. The van der Waals surface area contributed by atoms with Gasteiger partial charge in [-0.3, -0.25) is 0 Å². The molecule has 0 unspecified atom stereocenters. The van der Waals surface area contributed by atoms with Crippen LogP contribution in [0.4, 0.5) is 17.6 Å². The number of hydrogen-bond donors (Lipinski definition) is 0. The molecule has 0 aliphatic heterocycles. The number of halogens is 5. The van der Waals surface area contributed by atoms with Crippen molar-refractivity contribution in [3.63, 3.8) is 0 Å². The Morgan fingerprint density at radius 2 is 1.85 bits per heavy atom. The van der Waals surface area contributed by atoms with Crippen LogP contribution in [0.3, 0.4) is 0 Å². The molecule has 1 aliphatic rings. The van der Waals surface area contributed by atoms with Gasteiger partial charge in [0, 0.05) is 13.2 Å². The van der Waals surface area contributed by atoms with Gasteiger partial charge in [0.2, 0.25) is 0 Å². The fourth-order valence-corrected chi connectivity index (χ4v) is 3.59. The number of ether oxygens (including phenoxy) is 2. The third-order valence-electron chi connectivity index (χ3n) is 4.75. The van der Waals surface area contributed by atoms with Crippen LogP contribution in [0.5, 0.6) is 5.75 Å². The fraction of sp³-hybridized carbons (Fsp3) is 0.421. The topological polar surface area (TPSA) is 31.4 Å². The second-order valence-electron chi connectivity index (χ2n) is 6.39. The summed E-state index contributed by atoms with van der Waals surface area (Å²) in [7, 11) is -2.70. The quantitative estimate of drug-likeness (QED) is 0.478. The van der Waals surface area contributed by atoms with Crippen molar-refractivity contribution >= 4 is 11.6 Å². The normalized spacial score (nSPS) is 25.4. The predicted octanol–water partition coefficient (Wildman–Crippen LogP) is 5.76. The van der Waals surface area contributed by atoms with Gasteiger partial charge in [0.1, 0.15) is 22.3 Å². The molecule has 0 radical (unpaired) electrons. The third kappa shape index (κ3) is 4.19. The molecule has 3 rings (SSSR count). The van der Waals surface area contributed by atoms with E-state index < -0.39 is 47.2 Å². The molecule has 0 N–H and O–H groups in total. The summed E-state index contributed by atoms with van der Waals surface area (Å²) in [6.07, 6.45) is -3.44. The Kier molecular flexibility index (Phi) is 4.56. The molecule has 1 saturated carbocycles. The van der Waals surface area contributed by atoms with Gasteiger partial charge in [-0.1, -0.05) is 23.7 Å². The molecule has 2 aromatic rings. The molecular weight excluding hydrogens is 386 g/mol. The summed E-state index contributed by atoms with van der Waals surface area (Å²) in [5, 5.41) is -0.706. The fourth-order valence-electron chi connectivity index (χ4n) is 3.33. The Bertz CT molecular complexity index is 883. The molecule has 1 aromatic heterocycles. The summed E-state index contributed by atoms with van der Waals surface area (Å²) >= 11 is 5.62. The van der Waals surface area contributed by atoms with E-state index in [0.29, 0.717) is 5.56 Å². The summed E-state index contributed by atoms with van der Waals surface area (Å²) < 4.78 is 86.7. The molecular formula is C19H18ClF4NO2. The lowest BCUT2D eigenvalue weighted by molar-refractivity contribution is -0.140. The van der Waals surface area contributed by atoms with E-state index in [1.54, 1.807) is 0 Å². The second kappa shape index (κ2) is 7.64. The van der Waals surface area contributed by atoms with Gasteiger partial charge in [-0.2, -0.15) is 13.2 Å². The van der Waals surface area contributed by atoms with Crippen LogP contribution in [0.25, 0.3) is 0 Å². The van der Waals surface area contributed by atoms with E-state index in [0.717, 1.165) is 12.3 Å². The molecule has 3 nitrogen and oxygen atoms in total. The third-order valence-corrected chi connectivity index (χ3v) is 5.04. The molecule has 1 aromatic carbocycles. The number of pyridine rings is 1. The van der Waals surface area contributed by atoms with Crippen LogP contribution in [0, 0.1) is 5.82 Å². The molecule has 27 heavy (non-hydrogen) atoms. The van der Waals surface area contributed by atoms with E-state index in [4.69, 9.17) is 25.2 Å². The Morgan fingerprint density at radius 3 is 2.44 bits per heavy atom. The maximum atomic E-state index is 13.3.